The fourth-order valence-corrected chi connectivity index (χ4v) is 3.33. The Balaban J connectivity index is 1.51. The smallest absolute Gasteiger partial charge is 0.320 e. The number of carbonyl (C=O) groups excluding carboxylic acids is 3. The molecule has 122 valence electrons. The first-order chi connectivity index (χ1) is 10.5. The van der Waals surface area contributed by atoms with Gasteiger partial charge in [-0.15, -0.1) is 0 Å². The first kappa shape index (κ1) is 15.0. The molecule has 4 N–H and O–H groups in total. The summed E-state index contributed by atoms with van der Waals surface area (Å²) in [6.07, 6.45) is 1.57. The molecule has 0 spiro atoms. The van der Waals surface area contributed by atoms with Gasteiger partial charge in [-0.25, -0.2) is 10.3 Å². The number of amides is 4. The Kier molecular flexibility index (Phi) is 3.92. The molecular formula is C13H21N5O4. The fraction of sp³-hybridized carbons (Fsp3) is 0.769. The van der Waals surface area contributed by atoms with Crippen LogP contribution in [0.25, 0.3) is 0 Å². The van der Waals surface area contributed by atoms with Crippen molar-refractivity contribution >= 4 is 17.8 Å². The number of carbonyl (C=O) groups is 3. The molecule has 3 fully saturated rings. The average molecular weight is 311 g/mol. The van der Waals surface area contributed by atoms with Gasteiger partial charge < -0.3 is 20.9 Å². The third-order valence-electron chi connectivity index (χ3n) is 4.71. The molecule has 3 heterocycles. The minimum absolute atomic E-state index is 0.112. The molecule has 22 heavy (non-hydrogen) atoms. The summed E-state index contributed by atoms with van der Waals surface area (Å²) < 4.78 is 0. The second-order valence-corrected chi connectivity index (χ2v) is 6.10. The highest BCUT2D eigenvalue weighted by Crippen LogP contribution is 2.28. The van der Waals surface area contributed by atoms with E-state index in [1.807, 2.05) is 0 Å². The van der Waals surface area contributed by atoms with Gasteiger partial charge in [0.05, 0.1) is 18.2 Å². The Morgan fingerprint density at radius 1 is 1.41 bits per heavy atom. The van der Waals surface area contributed by atoms with Gasteiger partial charge in [0.15, 0.2) is 0 Å². The number of urea groups is 1. The lowest BCUT2D eigenvalue weighted by atomic mass is 10.0. The molecule has 9 nitrogen and oxygen atoms in total. The zero-order valence-corrected chi connectivity index (χ0v) is 12.4. The Morgan fingerprint density at radius 3 is 2.86 bits per heavy atom. The molecule has 9 heteroatoms. The van der Waals surface area contributed by atoms with E-state index in [9.17, 15) is 14.4 Å². The van der Waals surface area contributed by atoms with E-state index in [4.69, 9.17) is 10.6 Å². The van der Waals surface area contributed by atoms with Gasteiger partial charge in [-0.05, 0) is 12.8 Å². The predicted molar refractivity (Wildman–Crippen MR) is 75.3 cm³/mol. The lowest BCUT2D eigenvalue weighted by molar-refractivity contribution is -0.142. The molecule has 3 saturated heterocycles. The lowest BCUT2D eigenvalue weighted by Crippen LogP contribution is -2.50. The van der Waals surface area contributed by atoms with Gasteiger partial charge in [0.1, 0.15) is 6.04 Å². The molecular weight excluding hydrogens is 290 g/mol. The van der Waals surface area contributed by atoms with Gasteiger partial charge in [-0.1, -0.05) is 0 Å². The molecule has 0 aromatic carbocycles. The molecule has 0 aromatic rings. The van der Waals surface area contributed by atoms with Crippen LogP contribution in [0.3, 0.4) is 0 Å². The molecule has 3 rings (SSSR count). The highest BCUT2D eigenvalue weighted by atomic mass is 16.7. The van der Waals surface area contributed by atoms with Crippen LogP contribution in [0.1, 0.15) is 19.3 Å². The number of hydrogen-bond donors (Lipinski definition) is 3. The minimum atomic E-state index is -0.491. The molecule has 0 aromatic heterocycles. The van der Waals surface area contributed by atoms with E-state index in [0.717, 1.165) is 6.42 Å². The Hall–Kier alpha value is -1.87. The summed E-state index contributed by atoms with van der Waals surface area (Å²) in [5.41, 5.74) is 7.64. The van der Waals surface area contributed by atoms with Crippen LogP contribution in [0.4, 0.5) is 4.79 Å². The summed E-state index contributed by atoms with van der Waals surface area (Å²) in [5.74, 6) is -0.744. The van der Waals surface area contributed by atoms with Gasteiger partial charge in [-0.2, -0.15) is 0 Å². The molecule has 4 amide bonds. The van der Waals surface area contributed by atoms with E-state index in [1.165, 1.54) is 0 Å². The molecule has 0 saturated carbocycles. The summed E-state index contributed by atoms with van der Waals surface area (Å²) >= 11 is 0. The van der Waals surface area contributed by atoms with Crippen molar-refractivity contribution in [3.05, 3.63) is 0 Å². The van der Waals surface area contributed by atoms with Gasteiger partial charge in [0.2, 0.25) is 5.91 Å². The highest BCUT2D eigenvalue weighted by molar-refractivity contribution is 5.88. The fourth-order valence-electron chi connectivity index (χ4n) is 3.33. The quantitative estimate of drug-likeness (QED) is 0.527. The van der Waals surface area contributed by atoms with Crippen LogP contribution < -0.4 is 16.5 Å². The van der Waals surface area contributed by atoms with Crippen molar-refractivity contribution in [2.24, 2.45) is 5.73 Å². The normalized spacial score (nSPS) is 34.1. The van der Waals surface area contributed by atoms with Crippen molar-refractivity contribution in [3.8, 4) is 0 Å². The molecule has 0 aliphatic carbocycles. The number of piperidine rings is 1. The van der Waals surface area contributed by atoms with Crippen LogP contribution in [0.5, 0.6) is 0 Å². The number of hydrogen-bond acceptors (Lipinski definition) is 5. The summed E-state index contributed by atoms with van der Waals surface area (Å²) in [5, 5.41) is 2.93. The third-order valence-corrected chi connectivity index (χ3v) is 4.71. The zero-order chi connectivity index (χ0) is 15.9. The average Bonchev–Trinajstić information content (AvgIpc) is 3.06. The van der Waals surface area contributed by atoms with Crippen molar-refractivity contribution in [2.75, 3.05) is 20.1 Å². The summed E-state index contributed by atoms with van der Waals surface area (Å²) in [6, 6.07) is -0.826. The van der Waals surface area contributed by atoms with Crippen LogP contribution in [0, 0.1) is 0 Å². The van der Waals surface area contributed by atoms with E-state index in [0.29, 0.717) is 25.9 Å². The van der Waals surface area contributed by atoms with E-state index in [-0.39, 0.29) is 24.1 Å². The summed E-state index contributed by atoms with van der Waals surface area (Å²) in [7, 11) is 1.76. The second-order valence-electron chi connectivity index (χ2n) is 6.10. The van der Waals surface area contributed by atoms with Crippen molar-refractivity contribution in [1.29, 1.82) is 0 Å². The van der Waals surface area contributed by atoms with Crippen molar-refractivity contribution in [1.82, 2.24) is 20.6 Å². The van der Waals surface area contributed by atoms with E-state index >= 15 is 0 Å². The number of rotatable bonds is 4. The van der Waals surface area contributed by atoms with Gasteiger partial charge in [-0.3, -0.25) is 14.4 Å². The number of fused-ring (bicyclic) bond motifs is 2. The first-order valence-corrected chi connectivity index (χ1v) is 7.49. The molecule has 2 unspecified atom stereocenters. The molecule has 2 bridgehead atoms. The number of nitrogens with zero attached hydrogens (tertiary/aromatic N) is 2. The van der Waals surface area contributed by atoms with Gasteiger partial charge in [0, 0.05) is 26.6 Å². The van der Waals surface area contributed by atoms with Crippen molar-refractivity contribution < 1.29 is 19.2 Å². The molecule has 3 aliphatic heterocycles. The molecule has 3 aliphatic rings. The number of likely N-dealkylation sites (N-methyl/N-ethyl adjacent to an activating group) is 1. The Labute approximate surface area is 128 Å². The van der Waals surface area contributed by atoms with Crippen LogP contribution in [0.2, 0.25) is 0 Å². The minimum Gasteiger partial charge on any atom is -0.368 e. The molecule has 0 radical (unpaired) electrons. The van der Waals surface area contributed by atoms with Gasteiger partial charge >= 0.3 is 6.03 Å². The Bertz CT molecular complexity index is 499. The maximum absolute atomic E-state index is 12.2. The summed E-state index contributed by atoms with van der Waals surface area (Å²) in [4.78, 5) is 44.0. The second kappa shape index (κ2) is 5.73. The maximum atomic E-state index is 12.2. The largest absolute Gasteiger partial charge is 0.368 e. The van der Waals surface area contributed by atoms with Crippen molar-refractivity contribution in [3.63, 3.8) is 0 Å². The third kappa shape index (κ3) is 2.61. The molecule has 4 atom stereocenters. The van der Waals surface area contributed by atoms with Gasteiger partial charge in [0.25, 0.3) is 5.91 Å². The number of nitrogens with one attached hydrogen (secondary N) is 2. The van der Waals surface area contributed by atoms with E-state index in [1.54, 1.807) is 16.8 Å². The highest BCUT2D eigenvalue weighted by Gasteiger charge is 2.45. The Morgan fingerprint density at radius 2 is 2.18 bits per heavy atom. The van der Waals surface area contributed by atoms with Crippen LogP contribution in [-0.4, -0.2) is 72.0 Å². The van der Waals surface area contributed by atoms with Crippen LogP contribution in [-0.2, 0) is 14.4 Å². The number of hydroxylamine groups is 1. The standard InChI is InChI=1S/C13H21N5O4/c1-17-7-2-3-10(18(6-7)13(17)21)12(20)16-22-8-4-9(11(14)19)15-5-8/h7-10,15H,2-6H2,1H3,(H2,14,19)(H,16,20)/t7-,8?,9?,10+/m1/s1. The van der Waals surface area contributed by atoms with Crippen LogP contribution >= 0.6 is 0 Å². The van der Waals surface area contributed by atoms with E-state index in [2.05, 4.69) is 10.8 Å². The lowest BCUT2D eigenvalue weighted by Gasteiger charge is -2.29. The summed E-state index contributed by atoms with van der Waals surface area (Å²) in [6.45, 7) is 1.04. The SMILES string of the molecule is CN1C(=O)N2C[C@H]1CC[C@H]2C(=O)NOC1CNC(C(N)=O)C1. The maximum Gasteiger partial charge on any atom is 0.320 e. The van der Waals surface area contributed by atoms with Crippen molar-refractivity contribution in [2.45, 2.75) is 43.5 Å². The predicted octanol–water partition coefficient (Wildman–Crippen LogP) is -1.85. The monoisotopic (exact) mass is 311 g/mol. The number of nitrogens with two attached hydrogens (primary N) is 1. The number of primary amides is 1. The topological polar surface area (TPSA) is 117 Å². The zero-order valence-electron chi connectivity index (χ0n) is 12.4. The van der Waals surface area contributed by atoms with Crippen LogP contribution in [0.15, 0.2) is 0 Å². The van der Waals surface area contributed by atoms with E-state index < -0.39 is 18.0 Å². The first-order valence-electron chi connectivity index (χ1n) is 7.49.